The molecule has 160 valence electrons. The molecular weight excluding hydrogens is 435 g/mol. The van der Waals surface area contributed by atoms with E-state index in [1.54, 1.807) is 23.1 Å². The molecule has 0 N–H and O–H groups in total. The van der Waals surface area contributed by atoms with E-state index in [0.29, 0.717) is 10.0 Å². The van der Waals surface area contributed by atoms with Gasteiger partial charge in [0.15, 0.2) is 0 Å². The molecule has 0 radical (unpaired) electrons. The molecule has 0 saturated carbocycles. The van der Waals surface area contributed by atoms with E-state index in [1.165, 1.54) is 19.0 Å². The van der Waals surface area contributed by atoms with Crippen LogP contribution in [0.3, 0.4) is 0 Å². The predicted molar refractivity (Wildman–Crippen MR) is 123 cm³/mol. The first kappa shape index (κ1) is 22.8. The number of carbonyl (C=O) groups is 3. The summed E-state index contributed by atoms with van der Waals surface area (Å²) in [6.45, 7) is 0.513. The fourth-order valence-electron chi connectivity index (χ4n) is 3.22. The van der Waals surface area contributed by atoms with Crippen LogP contribution in [0.2, 0.25) is 10.0 Å². The van der Waals surface area contributed by atoms with Crippen LogP contribution >= 0.6 is 23.2 Å². The lowest BCUT2D eigenvalue weighted by Gasteiger charge is -2.23. The normalized spacial score (nSPS) is 10.7. The van der Waals surface area contributed by atoms with Crippen LogP contribution in [0, 0.1) is 0 Å². The number of carbonyl (C=O) groups excluding carboxylic acids is 3. The van der Waals surface area contributed by atoms with Crippen molar-refractivity contribution in [2.45, 2.75) is 19.5 Å². The second kappa shape index (κ2) is 9.94. The van der Waals surface area contributed by atoms with Gasteiger partial charge in [-0.3, -0.25) is 14.4 Å². The minimum atomic E-state index is -0.743. The van der Waals surface area contributed by atoms with Crippen LogP contribution in [0.5, 0.6) is 0 Å². The summed E-state index contributed by atoms with van der Waals surface area (Å²) >= 11 is 12.1. The molecule has 0 aliphatic carbocycles. The van der Waals surface area contributed by atoms with E-state index in [4.69, 9.17) is 23.2 Å². The molecule has 0 atom stereocenters. The smallest absolute Gasteiger partial charge is 0.289 e. The zero-order valence-electron chi connectivity index (χ0n) is 17.3. The van der Waals surface area contributed by atoms with E-state index in [1.807, 2.05) is 42.5 Å². The Bertz CT molecular complexity index is 1140. The number of hydrogen-bond acceptors (Lipinski definition) is 3. The van der Waals surface area contributed by atoms with Crippen LogP contribution in [0.25, 0.3) is 10.8 Å². The van der Waals surface area contributed by atoms with Gasteiger partial charge in [0.2, 0.25) is 11.7 Å². The van der Waals surface area contributed by atoms with Gasteiger partial charge in [0.1, 0.15) is 0 Å². The lowest BCUT2D eigenvalue weighted by Crippen LogP contribution is -2.36. The average Bonchev–Trinajstić information content (AvgIpc) is 2.75. The van der Waals surface area contributed by atoms with E-state index in [2.05, 4.69) is 0 Å². The Morgan fingerprint density at radius 1 is 0.774 bits per heavy atom. The van der Waals surface area contributed by atoms with E-state index < -0.39 is 24.0 Å². The van der Waals surface area contributed by atoms with E-state index in [9.17, 15) is 14.4 Å². The summed E-state index contributed by atoms with van der Waals surface area (Å²) in [5.74, 6) is -1.87. The van der Waals surface area contributed by atoms with Gasteiger partial charge in [-0.05, 0) is 40.1 Å². The summed E-state index contributed by atoms with van der Waals surface area (Å²) in [6.07, 6.45) is -0.494. The highest BCUT2D eigenvalue weighted by Gasteiger charge is 2.24. The van der Waals surface area contributed by atoms with Crippen molar-refractivity contribution in [3.8, 4) is 0 Å². The number of likely N-dealkylation sites (N-methyl/N-ethyl adjacent to an activating group) is 1. The third-order valence-corrected chi connectivity index (χ3v) is 5.59. The third kappa shape index (κ3) is 5.84. The second-order valence-corrected chi connectivity index (χ2v) is 8.29. The Morgan fingerprint density at radius 3 is 2.03 bits per heavy atom. The van der Waals surface area contributed by atoms with Gasteiger partial charge in [-0.1, -0.05) is 65.7 Å². The van der Waals surface area contributed by atoms with Crippen molar-refractivity contribution in [2.75, 3.05) is 14.1 Å². The minimum absolute atomic E-state index is 0.228. The van der Waals surface area contributed by atoms with Crippen molar-refractivity contribution >= 4 is 51.6 Å². The lowest BCUT2D eigenvalue weighted by atomic mass is 10.1. The maximum atomic E-state index is 13.0. The van der Waals surface area contributed by atoms with Crippen LogP contribution in [-0.4, -0.2) is 41.5 Å². The maximum absolute atomic E-state index is 13.0. The molecule has 5 nitrogen and oxygen atoms in total. The molecule has 0 fully saturated rings. The van der Waals surface area contributed by atoms with Crippen LogP contribution in [0.4, 0.5) is 0 Å². The zero-order valence-corrected chi connectivity index (χ0v) is 18.8. The Morgan fingerprint density at radius 2 is 1.39 bits per heavy atom. The van der Waals surface area contributed by atoms with Crippen molar-refractivity contribution in [2.24, 2.45) is 0 Å². The summed E-state index contributed by atoms with van der Waals surface area (Å²) in [4.78, 5) is 39.8. The SMILES string of the molecule is CN(C)C(=O)C(=O)CC(=O)N(Cc1ccc(Cl)c(Cl)c1)Cc1ccc2ccccc2c1. The molecule has 2 amide bonds. The molecule has 0 aromatic heterocycles. The molecule has 3 aromatic rings. The van der Waals surface area contributed by atoms with Crippen LogP contribution in [0.1, 0.15) is 17.5 Å². The molecule has 0 aliphatic heterocycles. The number of Topliss-reactive ketones (excluding diaryl/α,β-unsaturated/α-hetero) is 1. The van der Waals surface area contributed by atoms with Gasteiger partial charge in [-0.25, -0.2) is 0 Å². The van der Waals surface area contributed by atoms with Gasteiger partial charge in [0.05, 0.1) is 16.5 Å². The largest absolute Gasteiger partial charge is 0.342 e. The standard InChI is InChI=1S/C24H22Cl2N2O3/c1-27(2)24(31)22(29)13-23(30)28(15-17-8-10-20(25)21(26)12-17)14-16-7-9-18-5-3-4-6-19(18)11-16/h3-12H,13-15H2,1-2H3. The van der Waals surface area contributed by atoms with Gasteiger partial charge < -0.3 is 9.80 Å². The number of amides is 2. The highest BCUT2D eigenvalue weighted by molar-refractivity contribution is 6.42. The van der Waals surface area contributed by atoms with Gasteiger partial charge in [-0.2, -0.15) is 0 Å². The van der Waals surface area contributed by atoms with Crippen molar-refractivity contribution in [1.82, 2.24) is 9.80 Å². The number of nitrogens with zero attached hydrogens (tertiary/aromatic N) is 2. The van der Waals surface area contributed by atoms with Gasteiger partial charge >= 0.3 is 0 Å². The minimum Gasteiger partial charge on any atom is -0.342 e. The fourth-order valence-corrected chi connectivity index (χ4v) is 3.54. The van der Waals surface area contributed by atoms with Crippen LogP contribution < -0.4 is 0 Å². The monoisotopic (exact) mass is 456 g/mol. The average molecular weight is 457 g/mol. The van der Waals surface area contributed by atoms with Gasteiger partial charge in [0, 0.05) is 27.2 Å². The molecule has 31 heavy (non-hydrogen) atoms. The molecule has 0 bridgehead atoms. The van der Waals surface area contributed by atoms with E-state index >= 15 is 0 Å². The fraction of sp³-hybridized carbons (Fsp3) is 0.208. The molecule has 0 spiro atoms. The summed E-state index contributed by atoms with van der Waals surface area (Å²) in [7, 11) is 2.96. The van der Waals surface area contributed by atoms with E-state index in [0.717, 1.165) is 21.9 Å². The molecule has 0 unspecified atom stereocenters. The molecule has 0 aliphatic rings. The van der Waals surface area contributed by atoms with Crippen LogP contribution in [0.15, 0.2) is 60.7 Å². The van der Waals surface area contributed by atoms with Crippen molar-refractivity contribution < 1.29 is 14.4 Å². The Balaban J connectivity index is 1.86. The summed E-state index contributed by atoms with van der Waals surface area (Å²) in [6, 6.07) is 19.0. The topological polar surface area (TPSA) is 57.7 Å². The third-order valence-electron chi connectivity index (χ3n) is 4.85. The van der Waals surface area contributed by atoms with Crippen LogP contribution in [-0.2, 0) is 27.5 Å². The quantitative estimate of drug-likeness (QED) is 0.381. The zero-order chi connectivity index (χ0) is 22.5. The summed E-state index contributed by atoms with van der Waals surface area (Å²) < 4.78 is 0. The number of rotatable bonds is 7. The molecular formula is C24H22Cl2N2O3. The van der Waals surface area contributed by atoms with Crippen molar-refractivity contribution in [1.29, 1.82) is 0 Å². The molecule has 7 heteroatoms. The molecule has 0 saturated heterocycles. The Kier molecular flexibility index (Phi) is 7.31. The molecule has 3 rings (SSSR count). The first-order valence-electron chi connectivity index (χ1n) is 9.68. The number of benzene rings is 3. The highest BCUT2D eigenvalue weighted by Crippen LogP contribution is 2.24. The van der Waals surface area contributed by atoms with E-state index in [-0.39, 0.29) is 13.1 Å². The van der Waals surface area contributed by atoms with Gasteiger partial charge in [-0.15, -0.1) is 0 Å². The summed E-state index contributed by atoms with van der Waals surface area (Å²) in [5.41, 5.74) is 1.69. The number of hydrogen-bond donors (Lipinski definition) is 0. The molecule has 3 aromatic carbocycles. The predicted octanol–water partition coefficient (Wildman–Crippen LogP) is 4.72. The highest BCUT2D eigenvalue weighted by atomic mass is 35.5. The number of halogens is 2. The Hall–Kier alpha value is -2.89. The van der Waals surface area contributed by atoms with Crippen molar-refractivity contribution in [3.63, 3.8) is 0 Å². The first-order chi connectivity index (χ1) is 14.7. The number of fused-ring (bicyclic) bond motifs is 1. The first-order valence-corrected chi connectivity index (χ1v) is 10.4. The van der Waals surface area contributed by atoms with Gasteiger partial charge in [0.25, 0.3) is 5.91 Å². The number of ketones is 1. The second-order valence-electron chi connectivity index (χ2n) is 7.48. The molecule has 0 heterocycles. The van der Waals surface area contributed by atoms with Crippen molar-refractivity contribution in [3.05, 3.63) is 81.8 Å². The summed E-state index contributed by atoms with van der Waals surface area (Å²) in [5, 5.41) is 2.96. The maximum Gasteiger partial charge on any atom is 0.289 e. The Labute approximate surface area is 191 Å². The lowest BCUT2D eigenvalue weighted by molar-refractivity contribution is -0.146.